The van der Waals surface area contributed by atoms with E-state index in [1.165, 1.54) is 19.3 Å². The molecule has 0 bridgehead atoms. The van der Waals surface area contributed by atoms with E-state index in [-0.39, 0.29) is 11.8 Å². The molecule has 1 fully saturated rings. The first kappa shape index (κ1) is 23.5. The number of pyridine rings is 1. The number of halogens is 1. The number of likely N-dealkylation sites (tertiary alicyclic amines) is 1. The lowest BCUT2D eigenvalue weighted by molar-refractivity contribution is -0.134. The molecule has 1 aliphatic rings. The maximum Gasteiger partial charge on any atom is 0.328 e. The molecule has 1 saturated heterocycles. The molecule has 1 unspecified atom stereocenters. The second-order valence-corrected chi connectivity index (χ2v) is 6.30. The van der Waals surface area contributed by atoms with Crippen LogP contribution in [0.15, 0.2) is 41.8 Å². The van der Waals surface area contributed by atoms with Gasteiger partial charge in [-0.05, 0) is 38.1 Å². The van der Waals surface area contributed by atoms with Crippen molar-refractivity contribution in [2.45, 2.75) is 25.4 Å². The first-order chi connectivity index (χ1) is 13.4. The number of piperidine rings is 1. The summed E-state index contributed by atoms with van der Waals surface area (Å²) in [5, 5.41) is 29.5. The maximum atomic E-state index is 9.89. The van der Waals surface area contributed by atoms with E-state index in [4.69, 9.17) is 26.7 Å². The van der Waals surface area contributed by atoms with Gasteiger partial charge in [-0.1, -0.05) is 23.2 Å². The van der Waals surface area contributed by atoms with E-state index < -0.39 is 18.0 Å². The summed E-state index contributed by atoms with van der Waals surface area (Å²) in [6.07, 6.45) is 7.54. The van der Waals surface area contributed by atoms with Gasteiger partial charge < -0.3 is 25.1 Å². The van der Waals surface area contributed by atoms with Crippen LogP contribution in [0.4, 0.5) is 0 Å². The predicted molar refractivity (Wildman–Crippen MR) is 103 cm³/mol. The van der Waals surface area contributed by atoms with Gasteiger partial charge in [0.2, 0.25) is 0 Å². The molecule has 1 aromatic rings. The number of carboxylic acids is 2. The molecule has 9 nitrogen and oxygen atoms in total. The number of carboxylic acid groups (broad SMARTS) is 2. The lowest BCUT2D eigenvalue weighted by atomic mass is 10.1. The van der Waals surface area contributed by atoms with Gasteiger partial charge in [-0.3, -0.25) is 4.98 Å². The summed E-state index contributed by atoms with van der Waals surface area (Å²) < 4.78 is 0. The molecule has 1 aliphatic heterocycles. The van der Waals surface area contributed by atoms with E-state index in [0.29, 0.717) is 24.3 Å². The molecule has 0 aromatic carbocycles. The minimum atomic E-state index is -1.26. The first-order valence-corrected chi connectivity index (χ1v) is 9.06. The van der Waals surface area contributed by atoms with Crippen molar-refractivity contribution in [3.8, 4) is 0 Å². The molecule has 0 spiro atoms. The molecule has 0 aliphatic carbocycles. The standard InChI is InChI=1S/C14H20ClN3O2.C4H4O4/c15-14(12-5-4-6-16-9-12)17-20-11-13(19)10-18-7-2-1-3-8-18;5-3(6)1-2-4(7)8/h4-6,9,13,19H,1-3,7-8,10-11H2;1-2H,(H,5,6)(H,7,8)/b17-14-;. The van der Waals surface area contributed by atoms with Crippen LogP contribution in [-0.2, 0) is 14.4 Å². The second kappa shape index (κ2) is 13.6. The molecule has 0 radical (unpaired) electrons. The highest BCUT2D eigenvalue weighted by Gasteiger charge is 2.15. The number of hydrogen-bond acceptors (Lipinski definition) is 7. The van der Waals surface area contributed by atoms with Crippen molar-refractivity contribution in [2.24, 2.45) is 5.16 Å². The lowest BCUT2D eigenvalue weighted by Crippen LogP contribution is -2.38. The molecule has 1 atom stereocenters. The van der Waals surface area contributed by atoms with Crippen molar-refractivity contribution >= 4 is 28.7 Å². The minimum Gasteiger partial charge on any atom is -0.478 e. The maximum absolute atomic E-state index is 9.89. The van der Waals surface area contributed by atoms with Crippen LogP contribution >= 0.6 is 11.6 Å². The number of nitrogens with zero attached hydrogens (tertiary/aromatic N) is 3. The number of hydrogen-bond donors (Lipinski definition) is 3. The van der Waals surface area contributed by atoms with Crippen molar-refractivity contribution in [1.29, 1.82) is 0 Å². The summed E-state index contributed by atoms with van der Waals surface area (Å²) in [5.74, 6) is -2.51. The molecule has 0 amide bonds. The summed E-state index contributed by atoms with van der Waals surface area (Å²) in [6.45, 7) is 2.88. The number of aliphatic hydroxyl groups excluding tert-OH is 1. The Morgan fingerprint density at radius 3 is 2.43 bits per heavy atom. The third-order valence-electron chi connectivity index (χ3n) is 3.60. The summed E-state index contributed by atoms with van der Waals surface area (Å²) in [5.41, 5.74) is 0.694. The third-order valence-corrected chi connectivity index (χ3v) is 3.88. The highest BCUT2D eigenvalue weighted by atomic mass is 35.5. The van der Waals surface area contributed by atoms with Gasteiger partial charge in [0, 0.05) is 36.7 Å². The van der Waals surface area contributed by atoms with Gasteiger partial charge in [0.15, 0.2) is 5.17 Å². The van der Waals surface area contributed by atoms with Crippen LogP contribution in [0.1, 0.15) is 24.8 Å². The topological polar surface area (TPSA) is 133 Å². The number of β-amino-alcohol motifs (C(OH)–C–C–N with tert-alkyl or cyclic N) is 1. The van der Waals surface area contributed by atoms with Gasteiger partial charge in [0.25, 0.3) is 0 Å². The lowest BCUT2D eigenvalue weighted by Gasteiger charge is -2.27. The number of rotatable bonds is 8. The summed E-state index contributed by atoms with van der Waals surface area (Å²) >= 11 is 5.97. The van der Waals surface area contributed by atoms with Gasteiger partial charge in [0.05, 0.1) is 0 Å². The van der Waals surface area contributed by atoms with Crippen LogP contribution in [0.25, 0.3) is 0 Å². The Hall–Kier alpha value is -2.49. The molecular weight excluding hydrogens is 390 g/mol. The molecule has 10 heteroatoms. The SMILES string of the molecule is O=C(O)C=CC(=O)O.OC(CO/N=C(\Cl)c1cccnc1)CN1CCCCC1. The summed E-state index contributed by atoms with van der Waals surface area (Å²) in [4.78, 5) is 30.4. The van der Waals surface area contributed by atoms with Crippen LogP contribution in [-0.4, -0.2) is 74.7 Å². The Morgan fingerprint density at radius 2 is 1.89 bits per heavy atom. The number of aromatic nitrogens is 1. The molecule has 2 rings (SSSR count). The largest absolute Gasteiger partial charge is 0.478 e. The highest BCUT2D eigenvalue weighted by Crippen LogP contribution is 2.09. The zero-order chi connectivity index (χ0) is 20.8. The molecular formula is C18H24ClN3O6. The highest BCUT2D eigenvalue weighted by molar-refractivity contribution is 6.69. The van der Waals surface area contributed by atoms with Gasteiger partial charge in [-0.15, -0.1) is 0 Å². The van der Waals surface area contributed by atoms with Crippen LogP contribution in [0, 0.1) is 0 Å². The Morgan fingerprint density at radius 1 is 1.25 bits per heavy atom. The van der Waals surface area contributed by atoms with Gasteiger partial charge in [-0.25, -0.2) is 9.59 Å². The van der Waals surface area contributed by atoms with Crippen LogP contribution in [0.5, 0.6) is 0 Å². The fraction of sp³-hybridized carbons (Fsp3) is 0.444. The predicted octanol–water partition coefficient (Wildman–Crippen LogP) is 1.56. The number of carbonyl (C=O) groups is 2. The van der Waals surface area contributed by atoms with E-state index in [1.807, 2.05) is 0 Å². The minimum absolute atomic E-state index is 0.146. The zero-order valence-electron chi connectivity index (χ0n) is 15.3. The van der Waals surface area contributed by atoms with Gasteiger partial charge in [0.1, 0.15) is 12.7 Å². The quantitative estimate of drug-likeness (QED) is 0.332. The fourth-order valence-electron chi connectivity index (χ4n) is 2.35. The van der Waals surface area contributed by atoms with Crippen molar-refractivity contribution < 1.29 is 29.7 Å². The summed E-state index contributed by atoms with van der Waals surface area (Å²) in [7, 11) is 0. The molecule has 28 heavy (non-hydrogen) atoms. The van der Waals surface area contributed by atoms with Crippen LogP contribution in [0.3, 0.4) is 0 Å². The Bertz CT molecular complexity index is 647. The number of aliphatic hydroxyl groups is 1. The summed E-state index contributed by atoms with van der Waals surface area (Å²) in [6, 6.07) is 3.57. The van der Waals surface area contributed by atoms with Crippen LogP contribution < -0.4 is 0 Å². The van der Waals surface area contributed by atoms with Crippen molar-refractivity contribution in [3.63, 3.8) is 0 Å². The molecule has 2 heterocycles. The normalized spacial score (nSPS) is 16.1. The number of aliphatic carboxylic acids is 2. The van der Waals surface area contributed by atoms with E-state index in [2.05, 4.69) is 15.0 Å². The average Bonchev–Trinajstić information content (AvgIpc) is 2.68. The second-order valence-electron chi connectivity index (χ2n) is 5.94. The molecule has 3 N–H and O–H groups in total. The van der Waals surface area contributed by atoms with Crippen LogP contribution in [0.2, 0.25) is 0 Å². The first-order valence-electron chi connectivity index (χ1n) is 8.68. The Labute approximate surface area is 167 Å². The smallest absolute Gasteiger partial charge is 0.328 e. The van der Waals surface area contributed by atoms with E-state index in [9.17, 15) is 14.7 Å². The van der Waals surface area contributed by atoms with E-state index >= 15 is 0 Å². The average molecular weight is 414 g/mol. The fourth-order valence-corrected chi connectivity index (χ4v) is 2.51. The van der Waals surface area contributed by atoms with E-state index in [1.54, 1.807) is 24.5 Å². The molecule has 0 saturated carbocycles. The van der Waals surface area contributed by atoms with Gasteiger partial charge >= 0.3 is 11.9 Å². The zero-order valence-corrected chi connectivity index (χ0v) is 16.0. The third kappa shape index (κ3) is 11.3. The molecule has 154 valence electrons. The van der Waals surface area contributed by atoms with Crippen molar-refractivity contribution in [3.05, 3.63) is 42.2 Å². The number of oxime groups is 1. The van der Waals surface area contributed by atoms with Crippen molar-refractivity contribution in [2.75, 3.05) is 26.2 Å². The Kier molecular flexibility index (Phi) is 11.5. The van der Waals surface area contributed by atoms with E-state index in [0.717, 1.165) is 13.1 Å². The van der Waals surface area contributed by atoms with Gasteiger partial charge in [-0.2, -0.15) is 0 Å². The van der Waals surface area contributed by atoms with Crippen molar-refractivity contribution in [1.82, 2.24) is 9.88 Å². The Balaban J connectivity index is 0.000000416. The molecule has 1 aromatic heterocycles. The monoisotopic (exact) mass is 413 g/mol.